The van der Waals surface area contributed by atoms with E-state index >= 15 is 0 Å². The highest BCUT2D eigenvalue weighted by molar-refractivity contribution is 5.46. The van der Waals surface area contributed by atoms with Crippen LogP contribution in [0.2, 0.25) is 0 Å². The van der Waals surface area contributed by atoms with Gasteiger partial charge < -0.3 is 20.9 Å². The molecule has 2 saturated heterocycles. The number of allylic oxidation sites excluding steroid dienone is 3. The predicted octanol–water partition coefficient (Wildman–Crippen LogP) is 0.956. The van der Waals surface area contributed by atoms with Gasteiger partial charge in [0.1, 0.15) is 0 Å². The molecule has 0 saturated carbocycles. The number of carbonyl (C=O) groups excluding carboxylic acids is 1. The largest absolute Gasteiger partial charge is 0.402 e. The normalized spacial score (nSPS) is 29.8. The SMILES string of the molecule is C=C(CC/C=C(\N)C1C=CNC2NCCC21)N1CCCN(C=O)CC1. The quantitative estimate of drug-likeness (QED) is 0.625. The van der Waals surface area contributed by atoms with Gasteiger partial charge in [-0.25, -0.2) is 0 Å². The fraction of sp³-hybridized carbons (Fsp3) is 0.632. The molecule has 3 rings (SSSR count). The summed E-state index contributed by atoms with van der Waals surface area (Å²) in [5.74, 6) is 0.873. The average Bonchev–Trinajstić information content (AvgIpc) is 2.98. The number of nitrogens with two attached hydrogens (primary N) is 1. The number of nitrogens with one attached hydrogen (secondary N) is 2. The molecule has 6 nitrogen and oxygen atoms in total. The molecule has 4 N–H and O–H groups in total. The van der Waals surface area contributed by atoms with E-state index in [1.54, 1.807) is 0 Å². The van der Waals surface area contributed by atoms with Crippen LogP contribution in [0.5, 0.6) is 0 Å². The lowest BCUT2D eigenvalue weighted by molar-refractivity contribution is -0.118. The van der Waals surface area contributed by atoms with Crippen LogP contribution in [-0.4, -0.2) is 55.1 Å². The molecule has 3 atom stereocenters. The van der Waals surface area contributed by atoms with Gasteiger partial charge in [-0.15, -0.1) is 0 Å². The number of rotatable bonds is 6. The Kier molecular flexibility index (Phi) is 6.02. The van der Waals surface area contributed by atoms with Gasteiger partial charge in [-0.1, -0.05) is 18.7 Å². The Morgan fingerprint density at radius 2 is 2.20 bits per heavy atom. The van der Waals surface area contributed by atoms with Crippen molar-refractivity contribution in [3.8, 4) is 0 Å². The van der Waals surface area contributed by atoms with Crippen LogP contribution < -0.4 is 16.4 Å². The molecule has 0 radical (unpaired) electrons. The molecular formula is C19H31N5O. The summed E-state index contributed by atoms with van der Waals surface area (Å²) in [6.45, 7) is 8.79. The number of carbonyl (C=O) groups is 1. The lowest BCUT2D eigenvalue weighted by atomic mass is 9.84. The van der Waals surface area contributed by atoms with E-state index in [1.165, 1.54) is 0 Å². The summed E-state index contributed by atoms with van der Waals surface area (Å²) in [4.78, 5) is 15.1. The molecule has 3 aliphatic heterocycles. The summed E-state index contributed by atoms with van der Waals surface area (Å²) in [6.07, 6.45) is 11.7. The first kappa shape index (κ1) is 17.9. The van der Waals surface area contributed by atoms with E-state index < -0.39 is 0 Å². The van der Waals surface area contributed by atoms with Gasteiger partial charge in [0.05, 0.1) is 6.17 Å². The molecule has 2 fully saturated rings. The van der Waals surface area contributed by atoms with Crippen molar-refractivity contribution in [3.63, 3.8) is 0 Å². The van der Waals surface area contributed by atoms with E-state index in [2.05, 4.69) is 34.3 Å². The first-order chi connectivity index (χ1) is 12.2. The lowest BCUT2D eigenvalue weighted by Gasteiger charge is -2.31. The van der Waals surface area contributed by atoms with E-state index in [1.807, 2.05) is 11.1 Å². The first-order valence-corrected chi connectivity index (χ1v) is 9.42. The van der Waals surface area contributed by atoms with Crippen LogP contribution in [0.1, 0.15) is 25.7 Å². The maximum absolute atomic E-state index is 10.9. The second kappa shape index (κ2) is 8.43. The number of hydrogen-bond donors (Lipinski definition) is 3. The highest BCUT2D eigenvalue weighted by Crippen LogP contribution is 2.31. The molecule has 0 aliphatic carbocycles. The van der Waals surface area contributed by atoms with E-state index in [-0.39, 0.29) is 0 Å². The van der Waals surface area contributed by atoms with Crippen LogP contribution in [0.15, 0.2) is 36.3 Å². The summed E-state index contributed by atoms with van der Waals surface area (Å²) < 4.78 is 0. The van der Waals surface area contributed by atoms with Crippen molar-refractivity contribution >= 4 is 6.41 Å². The standard InChI is InChI=1S/C19H31N5O/c1-15(24-11-3-10-23(14-25)12-13-24)4-2-5-18(20)16-6-8-21-19-17(16)7-9-22-19/h5-6,8,14,16-17,19,21-22H,1-4,7,9-13,20H2/b18-5-. The average molecular weight is 345 g/mol. The first-order valence-electron chi connectivity index (χ1n) is 9.42. The Bertz CT molecular complexity index is 544. The summed E-state index contributed by atoms with van der Waals surface area (Å²) in [5, 5.41) is 6.85. The van der Waals surface area contributed by atoms with Crippen molar-refractivity contribution in [1.82, 2.24) is 20.4 Å². The van der Waals surface area contributed by atoms with Crippen LogP contribution in [0.4, 0.5) is 0 Å². The van der Waals surface area contributed by atoms with Gasteiger partial charge in [-0.05, 0) is 38.4 Å². The van der Waals surface area contributed by atoms with Crippen molar-refractivity contribution in [1.29, 1.82) is 0 Å². The van der Waals surface area contributed by atoms with Gasteiger partial charge in [-0.3, -0.25) is 10.1 Å². The zero-order chi connectivity index (χ0) is 17.6. The molecule has 3 heterocycles. The second-order valence-electron chi connectivity index (χ2n) is 7.23. The van der Waals surface area contributed by atoms with Gasteiger partial charge in [-0.2, -0.15) is 0 Å². The molecule has 0 aromatic rings. The van der Waals surface area contributed by atoms with Crippen molar-refractivity contribution < 1.29 is 4.79 Å². The second-order valence-corrected chi connectivity index (χ2v) is 7.23. The molecule has 0 aromatic heterocycles. The van der Waals surface area contributed by atoms with Crippen molar-refractivity contribution in [2.24, 2.45) is 17.6 Å². The number of hydrogen-bond acceptors (Lipinski definition) is 5. The minimum Gasteiger partial charge on any atom is -0.402 e. The van der Waals surface area contributed by atoms with Crippen LogP contribution in [0, 0.1) is 11.8 Å². The Hall–Kier alpha value is -1.95. The minimum atomic E-state index is 0.328. The molecule has 3 aliphatic rings. The Balaban J connectivity index is 1.48. The minimum absolute atomic E-state index is 0.328. The Morgan fingerprint density at radius 1 is 1.32 bits per heavy atom. The smallest absolute Gasteiger partial charge is 0.209 e. The van der Waals surface area contributed by atoms with E-state index in [9.17, 15) is 4.79 Å². The lowest BCUT2D eigenvalue weighted by Crippen LogP contribution is -2.44. The summed E-state index contributed by atoms with van der Waals surface area (Å²) >= 11 is 0. The third kappa shape index (κ3) is 4.37. The van der Waals surface area contributed by atoms with Crippen molar-refractivity contribution in [2.75, 3.05) is 32.7 Å². The molecular weight excluding hydrogens is 314 g/mol. The number of amides is 1. The topological polar surface area (TPSA) is 73.6 Å². The van der Waals surface area contributed by atoms with E-state index in [0.717, 1.165) is 76.2 Å². The third-order valence-corrected chi connectivity index (χ3v) is 5.64. The van der Waals surface area contributed by atoms with Gasteiger partial charge >= 0.3 is 0 Å². The maximum atomic E-state index is 10.9. The van der Waals surface area contributed by atoms with Crippen molar-refractivity contribution in [3.05, 3.63) is 36.3 Å². The zero-order valence-electron chi connectivity index (χ0n) is 15.0. The molecule has 138 valence electrons. The fourth-order valence-electron chi connectivity index (χ4n) is 4.12. The summed E-state index contributed by atoms with van der Waals surface area (Å²) in [5.41, 5.74) is 8.53. The van der Waals surface area contributed by atoms with Crippen molar-refractivity contribution in [2.45, 2.75) is 31.8 Å². The molecule has 3 unspecified atom stereocenters. The predicted molar refractivity (Wildman–Crippen MR) is 100 cm³/mol. The monoisotopic (exact) mass is 345 g/mol. The molecule has 0 aromatic carbocycles. The Morgan fingerprint density at radius 3 is 3.04 bits per heavy atom. The highest BCUT2D eigenvalue weighted by atomic mass is 16.1. The number of fused-ring (bicyclic) bond motifs is 1. The molecule has 6 heteroatoms. The fourth-order valence-corrected chi connectivity index (χ4v) is 4.12. The van der Waals surface area contributed by atoms with Gasteiger partial charge in [0, 0.05) is 49.4 Å². The van der Waals surface area contributed by atoms with Crippen LogP contribution >= 0.6 is 0 Å². The van der Waals surface area contributed by atoms with Gasteiger partial charge in [0.2, 0.25) is 6.41 Å². The van der Waals surface area contributed by atoms with Crippen LogP contribution in [-0.2, 0) is 4.79 Å². The summed E-state index contributed by atoms with van der Waals surface area (Å²) in [6, 6.07) is 0. The van der Waals surface area contributed by atoms with E-state index in [4.69, 9.17) is 5.73 Å². The molecule has 1 amide bonds. The van der Waals surface area contributed by atoms with Crippen LogP contribution in [0.3, 0.4) is 0 Å². The highest BCUT2D eigenvalue weighted by Gasteiger charge is 2.35. The zero-order valence-corrected chi connectivity index (χ0v) is 15.0. The van der Waals surface area contributed by atoms with E-state index in [0.29, 0.717) is 18.0 Å². The van der Waals surface area contributed by atoms with Gasteiger partial charge in [0.15, 0.2) is 0 Å². The maximum Gasteiger partial charge on any atom is 0.209 e. The third-order valence-electron chi connectivity index (χ3n) is 5.64. The molecule has 25 heavy (non-hydrogen) atoms. The van der Waals surface area contributed by atoms with Crippen LogP contribution in [0.25, 0.3) is 0 Å². The van der Waals surface area contributed by atoms with Gasteiger partial charge in [0.25, 0.3) is 0 Å². The number of nitrogens with zero attached hydrogens (tertiary/aromatic N) is 2. The summed E-state index contributed by atoms with van der Waals surface area (Å²) in [7, 11) is 0. The molecule has 0 spiro atoms. The molecule has 0 bridgehead atoms. The Labute approximate surface area is 150 Å².